The molecule has 0 rings (SSSR count). The molecule has 0 aliphatic heterocycles. The first kappa shape index (κ1) is 16.3. The van der Waals surface area contributed by atoms with Gasteiger partial charge in [0, 0.05) is 0 Å². The smallest absolute Gasteiger partial charge is 0.346 e. The summed E-state index contributed by atoms with van der Waals surface area (Å²) < 4.78 is 0. The van der Waals surface area contributed by atoms with Gasteiger partial charge in [-0.15, -0.1) is 0 Å². The maximum absolute atomic E-state index is 3.72. The first-order chi connectivity index (χ1) is 3.91. The Morgan fingerprint density at radius 1 is 1.11 bits per heavy atom. The minimum Gasteiger partial charge on any atom is -0.346 e. The molecule has 0 aliphatic rings. The van der Waals surface area contributed by atoms with Gasteiger partial charge < -0.3 is 13.8 Å². The van der Waals surface area contributed by atoms with Gasteiger partial charge in [0.05, 0.1) is 0 Å². The van der Waals surface area contributed by atoms with E-state index in [0.29, 0.717) is 0 Å². The van der Waals surface area contributed by atoms with Crippen LogP contribution in [0.4, 0.5) is 0 Å². The van der Waals surface area contributed by atoms with Crippen LogP contribution < -0.4 is 0 Å². The SMILES string of the molecule is [CH2-]C.[CH2-]CCCCC.[Ru+2]. The van der Waals surface area contributed by atoms with Crippen molar-refractivity contribution in [2.75, 3.05) is 0 Å². The van der Waals surface area contributed by atoms with E-state index >= 15 is 0 Å². The average molecular weight is 215 g/mol. The molecule has 0 nitrogen and oxygen atoms in total. The number of hydrogen-bond donors (Lipinski definition) is 0. The van der Waals surface area contributed by atoms with Crippen molar-refractivity contribution in [3.63, 3.8) is 0 Å². The third kappa shape index (κ3) is 28.8. The maximum atomic E-state index is 3.72. The van der Waals surface area contributed by atoms with Crippen LogP contribution in [-0.4, -0.2) is 0 Å². The van der Waals surface area contributed by atoms with Crippen LogP contribution in [0.15, 0.2) is 0 Å². The minimum absolute atomic E-state index is 0. The van der Waals surface area contributed by atoms with Crippen molar-refractivity contribution >= 4 is 0 Å². The van der Waals surface area contributed by atoms with Gasteiger partial charge in [-0.1, -0.05) is 26.2 Å². The van der Waals surface area contributed by atoms with Crippen molar-refractivity contribution in [2.45, 2.75) is 39.5 Å². The molecule has 1 heteroatoms. The second kappa shape index (κ2) is 23.4. The van der Waals surface area contributed by atoms with Crippen LogP contribution in [-0.2, 0) is 19.5 Å². The molecular weight excluding hydrogens is 197 g/mol. The van der Waals surface area contributed by atoms with Crippen LogP contribution in [0.2, 0.25) is 0 Å². The predicted molar refractivity (Wildman–Crippen MR) is 40.5 cm³/mol. The van der Waals surface area contributed by atoms with Crippen molar-refractivity contribution in [1.82, 2.24) is 0 Å². The Bertz CT molecular complexity index is 16.5. The Morgan fingerprint density at radius 3 is 1.67 bits per heavy atom. The molecule has 0 atom stereocenters. The van der Waals surface area contributed by atoms with Gasteiger partial charge in [0.15, 0.2) is 0 Å². The average Bonchev–Trinajstić information content (AvgIpc) is 1.88. The number of hydrogen-bond acceptors (Lipinski definition) is 0. The van der Waals surface area contributed by atoms with E-state index in [9.17, 15) is 0 Å². The van der Waals surface area contributed by atoms with Crippen LogP contribution in [0.3, 0.4) is 0 Å². The number of rotatable bonds is 3. The summed E-state index contributed by atoms with van der Waals surface area (Å²) in [5.74, 6) is 0. The van der Waals surface area contributed by atoms with Gasteiger partial charge in [-0.2, -0.15) is 13.3 Å². The quantitative estimate of drug-likeness (QED) is 0.385. The Kier molecular flexibility index (Phi) is 42.5. The van der Waals surface area contributed by atoms with E-state index in [0.717, 1.165) is 6.42 Å². The van der Waals surface area contributed by atoms with Crippen molar-refractivity contribution < 1.29 is 19.5 Å². The van der Waals surface area contributed by atoms with Gasteiger partial charge in [-0.25, -0.2) is 0 Å². The third-order valence-corrected chi connectivity index (χ3v) is 0.854. The topological polar surface area (TPSA) is 0 Å². The standard InChI is InChI=1S/C6H13.C2H5.Ru/c1-3-5-6-4-2;1-2;/h1,3-6H2,2H3;1H2,2H3;/q2*-1;+2. The molecule has 0 aromatic heterocycles. The molecule has 58 valence electrons. The second-order valence-corrected chi connectivity index (χ2v) is 1.56. The summed E-state index contributed by atoms with van der Waals surface area (Å²) in [6.45, 7) is 10.9. The van der Waals surface area contributed by atoms with Crippen molar-refractivity contribution in [1.29, 1.82) is 0 Å². The molecule has 0 fully saturated rings. The zero-order valence-electron chi connectivity index (χ0n) is 6.60. The van der Waals surface area contributed by atoms with E-state index in [2.05, 4.69) is 20.8 Å². The van der Waals surface area contributed by atoms with E-state index in [1.54, 1.807) is 6.92 Å². The fraction of sp³-hybridized carbons (Fsp3) is 0.750. The summed E-state index contributed by atoms with van der Waals surface area (Å²) >= 11 is 0. The summed E-state index contributed by atoms with van der Waals surface area (Å²) in [7, 11) is 0. The molecular formula is C8H18Ru. The largest absolute Gasteiger partial charge is 2.00 e. The van der Waals surface area contributed by atoms with Gasteiger partial charge in [0.2, 0.25) is 0 Å². The van der Waals surface area contributed by atoms with Crippen molar-refractivity contribution in [2.24, 2.45) is 0 Å². The van der Waals surface area contributed by atoms with E-state index in [-0.39, 0.29) is 19.5 Å². The van der Waals surface area contributed by atoms with Gasteiger partial charge in [-0.05, 0) is 0 Å². The molecule has 9 heavy (non-hydrogen) atoms. The van der Waals surface area contributed by atoms with Crippen LogP contribution in [0.1, 0.15) is 39.5 Å². The van der Waals surface area contributed by atoms with Gasteiger partial charge >= 0.3 is 19.5 Å². The van der Waals surface area contributed by atoms with Crippen molar-refractivity contribution in [3.8, 4) is 0 Å². The predicted octanol–water partition coefficient (Wildman–Crippen LogP) is 3.24. The Labute approximate surface area is 73.2 Å². The Balaban J connectivity index is -0.000000109. The second-order valence-electron chi connectivity index (χ2n) is 1.56. The first-order valence-corrected chi connectivity index (χ1v) is 3.41. The van der Waals surface area contributed by atoms with Gasteiger partial charge in [-0.3, -0.25) is 0 Å². The summed E-state index contributed by atoms with van der Waals surface area (Å²) in [6.07, 6.45) is 5.07. The number of unbranched alkanes of at least 4 members (excludes halogenated alkanes) is 3. The molecule has 0 aromatic carbocycles. The molecule has 0 bridgehead atoms. The van der Waals surface area contributed by atoms with Gasteiger partial charge in [0.25, 0.3) is 0 Å². The van der Waals surface area contributed by atoms with E-state index in [4.69, 9.17) is 0 Å². The molecule has 0 aromatic rings. The molecule has 0 spiro atoms. The molecule has 0 saturated heterocycles. The van der Waals surface area contributed by atoms with Crippen molar-refractivity contribution in [3.05, 3.63) is 13.8 Å². The molecule has 0 unspecified atom stereocenters. The molecule has 0 N–H and O–H groups in total. The Morgan fingerprint density at radius 2 is 1.56 bits per heavy atom. The normalized spacial score (nSPS) is 6.67. The van der Waals surface area contributed by atoms with E-state index in [1.807, 2.05) is 0 Å². The summed E-state index contributed by atoms with van der Waals surface area (Å²) in [5, 5.41) is 0. The van der Waals surface area contributed by atoms with Crippen LogP contribution in [0.25, 0.3) is 0 Å². The fourth-order valence-corrected chi connectivity index (χ4v) is 0.427. The zero-order chi connectivity index (χ0) is 6.83. The molecule has 0 aliphatic carbocycles. The summed E-state index contributed by atoms with van der Waals surface area (Å²) in [4.78, 5) is 0. The van der Waals surface area contributed by atoms with Gasteiger partial charge in [0.1, 0.15) is 0 Å². The minimum atomic E-state index is 0. The third-order valence-electron chi connectivity index (χ3n) is 0.854. The fourth-order valence-electron chi connectivity index (χ4n) is 0.427. The van der Waals surface area contributed by atoms with Crippen LogP contribution in [0, 0.1) is 13.8 Å². The van der Waals surface area contributed by atoms with Crippen LogP contribution >= 0.6 is 0 Å². The van der Waals surface area contributed by atoms with E-state index in [1.165, 1.54) is 19.3 Å². The monoisotopic (exact) mass is 216 g/mol. The first-order valence-electron chi connectivity index (χ1n) is 3.41. The zero-order valence-corrected chi connectivity index (χ0v) is 8.33. The molecule has 0 radical (unpaired) electrons. The molecule has 0 saturated carbocycles. The van der Waals surface area contributed by atoms with E-state index < -0.39 is 0 Å². The molecule has 0 amide bonds. The maximum Gasteiger partial charge on any atom is 2.00 e. The Hall–Kier alpha value is 0.623. The molecule has 0 heterocycles. The summed E-state index contributed by atoms with van der Waals surface area (Å²) in [6, 6.07) is 0. The van der Waals surface area contributed by atoms with Crippen LogP contribution in [0.5, 0.6) is 0 Å². The summed E-state index contributed by atoms with van der Waals surface area (Å²) in [5.41, 5.74) is 0.